The summed E-state index contributed by atoms with van der Waals surface area (Å²) in [6.07, 6.45) is 2.78. The van der Waals surface area contributed by atoms with Gasteiger partial charge in [0, 0.05) is 18.0 Å². The minimum atomic E-state index is -0.149. The average molecular weight is 276 g/mol. The smallest absolute Gasteiger partial charge is 0.122 e. The number of ether oxygens (including phenoxy) is 1. The number of benzene rings is 2. The molecule has 0 aliphatic carbocycles. The van der Waals surface area contributed by atoms with E-state index >= 15 is 0 Å². The Morgan fingerprint density at radius 3 is 3.00 bits per heavy atom. The molecule has 1 aliphatic rings. The Kier molecular flexibility index (Phi) is 2.86. The van der Waals surface area contributed by atoms with E-state index < -0.39 is 0 Å². The number of aromatic nitrogens is 1. The predicted octanol–water partition coefficient (Wildman–Crippen LogP) is 3.22. The van der Waals surface area contributed by atoms with Gasteiger partial charge in [-0.2, -0.15) is 0 Å². The Bertz CT molecular complexity index is 808. The molecule has 0 spiro atoms. The molecule has 0 amide bonds. The van der Waals surface area contributed by atoms with Crippen molar-refractivity contribution in [2.45, 2.75) is 12.5 Å². The molecular weight excluding hydrogens is 260 g/mol. The molecule has 1 atom stereocenters. The van der Waals surface area contributed by atoms with E-state index in [1.807, 2.05) is 30.5 Å². The van der Waals surface area contributed by atoms with Gasteiger partial charge in [0.1, 0.15) is 5.75 Å². The van der Waals surface area contributed by atoms with Crippen molar-refractivity contribution in [3.05, 3.63) is 71.4 Å². The summed E-state index contributed by atoms with van der Waals surface area (Å²) in [6.45, 7) is 0.770. The van der Waals surface area contributed by atoms with Crippen LogP contribution >= 0.6 is 0 Å². The minimum Gasteiger partial charge on any atom is -0.493 e. The lowest BCUT2D eigenvalue weighted by atomic mass is 9.94. The Labute approximate surface area is 123 Å². The number of nitrogens with zero attached hydrogens (tertiary/aromatic N) is 1. The summed E-state index contributed by atoms with van der Waals surface area (Å²) in [5.74, 6) is 0.991. The number of pyridine rings is 1. The first kappa shape index (κ1) is 12.4. The lowest BCUT2D eigenvalue weighted by molar-refractivity contribution is 0.357. The first-order valence-corrected chi connectivity index (χ1v) is 7.18. The van der Waals surface area contributed by atoms with Crippen molar-refractivity contribution in [1.29, 1.82) is 0 Å². The fourth-order valence-corrected chi connectivity index (χ4v) is 2.98. The summed E-state index contributed by atoms with van der Waals surface area (Å²) in [5.41, 5.74) is 11.0. The molecule has 21 heavy (non-hydrogen) atoms. The van der Waals surface area contributed by atoms with Crippen LogP contribution in [0.4, 0.5) is 0 Å². The van der Waals surface area contributed by atoms with Crippen LogP contribution in [0.15, 0.2) is 54.7 Å². The van der Waals surface area contributed by atoms with E-state index in [0.29, 0.717) is 0 Å². The lowest BCUT2D eigenvalue weighted by Gasteiger charge is -2.15. The molecule has 1 aromatic heterocycles. The van der Waals surface area contributed by atoms with Gasteiger partial charge in [0.2, 0.25) is 0 Å². The molecule has 1 aliphatic heterocycles. The molecule has 2 aromatic carbocycles. The van der Waals surface area contributed by atoms with E-state index in [0.717, 1.165) is 40.8 Å². The molecule has 104 valence electrons. The third-order valence-electron chi connectivity index (χ3n) is 4.09. The first-order chi connectivity index (χ1) is 10.3. The van der Waals surface area contributed by atoms with Crippen LogP contribution in [0.2, 0.25) is 0 Å². The summed E-state index contributed by atoms with van der Waals surface area (Å²) in [6, 6.07) is 16.3. The third-order valence-corrected chi connectivity index (χ3v) is 4.09. The highest BCUT2D eigenvalue weighted by atomic mass is 16.5. The van der Waals surface area contributed by atoms with Gasteiger partial charge >= 0.3 is 0 Å². The van der Waals surface area contributed by atoms with E-state index in [1.54, 1.807) is 0 Å². The quantitative estimate of drug-likeness (QED) is 0.781. The number of rotatable bonds is 2. The lowest BCUT2D eigenvalue weighted by Crippen LogP contribution is -2.12. The number of nitrogens with two attached hydrogens (primary N) is 1. The highest BCUT2D eigenvalue weighted by Gasteiger charge is 2.17. The Hall–Kier alpha value is -2.39. The molecule has 2 N–H and O–H groups in total. The molecule has 0 saturated heterocycles. The van der Waals surface area contributed by atoms with Crippen molar-refractivity contribution in [3.8, 4) is 5.75 Å². The SMILES string of the molecule is NC(c1ccc2c(c1)CCO2)c1cccc2ncccc12. The van der Waals surface area contributed by atoms with E-state index in [1.165, 1.54) is 5.56 Å². The molecule has 0 radical (unpaired) electrons. The molecule has 3 nitrogen and oxygen atoms in total. The highest BCUT2D eigenvalue weighted by molar-refractivity contribution is 5.83. The molecular formula is C18H16N2O. The molecule has 0 bridgehead atoms. The maximum Gasteiger partial charge on any atom is 0.122 e. The molecule has 0 saturated carbocycles. The van der Waals surface area contributed by atoms with Gasteiger partial charge in [-0.15, -0.1) is 0 Å². The molecule has 3 aromatic rings. The van der Waals surface area contributed by atoms with Crippen LogP contribution in [0.5, 0.6) is 5.75 Å². The van der Waals surface area contributed by atoms with Crippen LogP contribution < -0.4 is 10.5 Å². The van der Waals surface area contributed by atoms with Crippen LogP contribution in [0.1, 0.15) is 22.7 Å². The number of hydrogen-bond donors (Lipinski definition) is 1. The summed E-state index contributed by atoms with van der Waals surface area (Å²) in [7, 11) is 0. The third kappa shape index (κ3) is 2.06. The van der Waals surface area contributed by atoms with E-state index in [4.69, 9.17) is 10.5 Å². The van der Waals surface area contributed by atoms with Crippen LogP contribution in [0.25, 0.3) is 10.9 Å². The van der Waals surface area contributed by atoms with Gasteiger partial charge < -0.3 is 10.5 Å². The Balaban J connectivity index is 1.81. The Morgan fingerprint density at radius 2 is 2.05 bits per heavy atom. The average Bonchev–Trinajstić information content (AvgIpc) is 3.01. The van der Waals surface area contributed by atoms with Crippen molar-refractivity contribution in [1.82, 2.24) is 4.98 Å². The fraction of sp³-hybridized carbons (Fsp3) is 0.167. The number of fused-ring (bicyclic) bond motifs is 2. The predicted molar refractivity (Wildman–Crippen MR) is 83.4 cm³/mol. The second-order valence-electron chi connectivity index (χ2n) is 5.36. The largest absolute Gasteiger partial charge is 0.493 e. The Morgan fingerprint density at radius 1 is 1.10 bits per heavy atom. The van der Waals surface area contributed by atoms with Crippen molar-refractivity contribution >= 4 is 10.9 Å². The van der Waals surface area contributed by atoms with Gasteiger partial charge in [-0.25, -0.2) is 0 Å². The molecule has 1 unspecified atom stereocenters. The highest BCUT2D eigenvalue weighted by Crippen LogP contribution is 2.31. The molecule has 3 heteroatoms. The van der Waals surface area contributed by atoms with Crippen LogP contribution in [0.3, 0.4) is 0 Å². The maximum atomic E-state index is 6.51. The van der Waals surface area contributed by atoms with Crippen molar-refractivity contribution in [3.63, 3.8) is 0 Å². The van der Waals surface area contributed by atoms with Crippen molar-refractivity contribution < 1.29 is 4.74 Å². The second-order valence-corrected chi connectivity index (χ2v) is 5.36. The topological polar surface area (TPSA) is 48.1 Å². The van der Waals surface area contributed by atoms with Gasteiger partial charge in [0.05, 0.1) is 18.2 Å². The first-order valence-electron chi connectivity index (χ1n) is 7.18. The molecule has 4 rings (SSSR count). The van der Waals surface area contributed by atoms with Gasteiger partial charge in [-0.1, -0.05) is 30.3 Å². The standard InChI is InChI=1S/C18H16N2O/c19-18(13-6-7-17-12(11-13)8-10-21-17)15-3-1-5-16-14(15)4-2-9-20-16/h1-7,9,11,18H,8,10,19H2. The van der Waals surface area contributed by atoms with Gasteiger partial charge in [-0.05, 0) is 34.9 Å². The summed E-state index contributed by atoms with van der Waals surface area (Å²) in [5, 5.41) is 1.12. The van der Waals surface area contributed by atoms with E-state index in [2.05, 4.69) is 29.2 Å². The van der Waals surface area contributed by atoms with Crippen LogP contribution in [0, 0.1) is 0 Å². The van der Waals surface area contributed by atoms with E-state index in [-0.39, 0.29) is 6.04 Å². The second kappa shape index (κ2) is 4.86. The van der Waals surface area contributed by atoms with Gasteiger partial charge in [0.15, 0.2) is 0 Å². The van der Waals surface area contributed by atoms with Crippen molar-refractivity contribution in [2.24, 2.45) is 5.73 Å². The summed E-state index contributed by atoms with van der Waals surface area (Å²) >= 11 is 0. The summed E-state index contributed by atoms with van der Waals surface area (Å²) in [4.78, 5) is 4.40. The normalized spacial score (nSPS) is 14.7. The maximum absolute atomic E-state index is 6.51. The van der Waals surface area contributed by atoms with E-state index in [9.17, 15) is 0 Å². The monoisotopic (exact) mass is 276 g/mol. The molecule has 0 fully saturated rings. The number of hydrogen-bond acceptors (Lipinski definition) is 3. The zero-order valence-corrected chi connectivity index (χ0v) is 11.6. The van der Waals surface area contributed by atoms with Crippen LogP contribution in [-0.4, -0.2) is 11.6 Å². The van der Waals surface area contributed by atoms with Gasteiger partial charge in [0.25, 0.3) is 0 Å². The zero-order chi connectivity index (χ0) is 14.2. The fourth-order valence-electron chi connectivity index (χ4n) is 2.98. The zero-order valence-electron chi connectivity index (χ0n) is 11.6. The van der Waals surface area contributed by atoms with Crippen LogP contribution in [-0.2, 0) is 6.42 Å². The van der Waals surface area contributed by atoms with Crippen molar-refractivity contribution in [2.75, 3.05) is 6.61 Å². The molecule has 2 heterocycles. The van der Waals surface area contributed by atoms with Gasteiger partial charge in [-0.3, -0.25) is 4.98 Å². The minimum absolute atomic E-state index is 0.149. The summed E-state index contributed by atoms with van der Waals surface area (Å²) < 4.78 is 5.56.